The Morgan fingerprint density at radius 2 is 0.852 bits per heavy atom. The van der Waals surface area contributed by atoms with E-state index >= 15 is 0 Å². The number of hydrogen-bond donors (Lipinski definition) is 4. The fraction of sp³-hybridized carbons (Fsp3) is 0.255. The lowest BCUT2D eigenvalue weighted by atomic mass is 9.70. The summed E-state index contributed by atoms with van der Waals surface area (Å²) in [5.41, 5.74) is 7.69. The maximum Gasteiger partial charge on any atom is 0.257 e. The van der Waals surface area contributed by atoms with Crippen LogP contribution in [0.5, 0.6) is 0 Å². The number of nitrogens with zero attached hydrogens (tertiary/aromatic N) is 4. The summed E-state index contributed by atoms with van der Waals surface area (Å²) in [4.78, 5) is 33.9. The average Bonchev–Trinajstić information content (AvgIpc) is 3.82. The van der Waals surface area contributed by atoms with Crippen molar-refractivity contribution in [2.75, 3.05) is 21.3 Å². The van der Waals surface area contributed by atoms with E-state index in [-0.39, 0.29) is 22.6 Å². The molecule has 2 aliphatic rings. The maximum atomic E-state index is 12.9. The van der Waals surface area contributed by atoms with Crippen molar-refractivity contribution in [1.29, 1.82) is 10.5 Å². The molecule has 0 spiro atoms. The summed E-state index contributed by atoms with van der Waals surface area (Å²) in [6, 6.07) is 43.3. The van der Waals surface area contributed by atoms with Crippen molar-refractivity contribution in [3.8, 4) is 12.1 Å². The minimum atomic E-state index is -0.385. The van der Waals surface area contributed by atoms with E-state index < -0.39 is 0 Å². The van der Waals surface area contributed by atoms with Crippen LogP contribution in [-0.4, -0.2) is 21.8 Å². The third kappa shape index (κ3) is 10.5. The van der Waals surface area contributed by atoms with Gasteiger partial charge in [0.05, 0.1) is 34.1 Å². The highest BCUT2D eigenvalue weighted by molar-refractivity contribution is 6.08. The highest BCUT2D eigenvalue weighted by Crippen LogP contribution is 2.41. The van der Waals surface area contributed by atoms with E-state index in [0.29, 0.717) is 24.2 Å². The molecule has 10 nitrogen and oxygen atoms in total. The molecule has 0 unspecified atom stereocenters. The van der Waals surface area contributed by atoms with Gasteiger partial charge in [-0.25, -0.2) is 0 Å². The van der Waals surface area contributed by atoms with Crippen molar-refractivity contribution < 1.29 is 9.59 Å². The van der Waals surface area contributed by atoms with Crippen molar-refractivity contribution >= 4 is 34.6 Å². The first-order chi connectivity index (χ1) is 29.9. The number of aromatic nitrogens is 2. The van der Waals surface area contributed by atoms with Gasteiger partial charge in [0.15, 0.2) is 0 Å². The topological polar surface area (TPSA) is 156 Å². The van der Waals surface area contributed by atoms with E-state index in [1.54, 1.807) is 24.8 Å². The quantitative estimate of drug-likeness (QED) is 0.0952. The number of hydrogen-bond acceptors (Lipinski definition) is 8. The number of carbonyl (C=O) groups excluding carboxylic acids is 2. The molecule has 2 amide bonds. The Balaban J connectivity index is 0.000000184. The van der Waals surface area contributed by atoms with E-state index in [2.05, 4.69) is 43.4 Å². The number of pyridine rings is 2. The second-order valence-corrected chi connectivity index (χ2v) is 15.7. The van der Waals surface area contributed by atoms with Crippen molar-refractivity contribution in [3.05, 3.63) is 179 Å². The monoisotopic (exact) mass is 806 g/mol. The Bertz CT molecular complexity index is 2460. The molecular weight excluding hydrogens is 757 g/mol. The minimum absolute atomic E-state index is 0.168. The van der Waals surface area contributed by atoms with E-state index in [1.165, 1.54) is 6.42 Å². The molecule has 0 radical (unpaired) electrons. The molecule has 2 heterocycles. The number of rotatable bonds is 12. The van der Waals surface area contributed by atoms with Crippen LogP contribution in [0, 0.1) is 22.7 Å². The second-order valence-electron chi connectivity index (χ2n) is 15.7. The van der Waals surface area contributed by atoms with Crippen LogP contribution in [0.2, 0.25) is 0 Å². The number of benzene rings is 4. The first-order valence-corrected chi connectivity index (χ1v) is 21.0. The predicted molar refractivity (Wildman–Crippen MR) is 241 cm³/mol. The Kier molecular flexibility index (Phi) is 13.8. The fourth-order valence-electron chi connectivity index (χ4n) is 8.27. The van der Waals surface area contributed by atoms with Crippen LogP contribution in [0.3, 0.4) is 0 Å². The summed E-state index contributed by atoms with van der Waals surface area (Å²) < 4.78 is 0. The molecule has 2 fully saturated rings. The van der Waals surface area contributed by atoms with Crippen LogP contribution < -0.4 is 21.3 Å². The van der Waals surface area contributed by atoms with Crippen LogP contribution in [0.25, 0.3) is 0 Å². The normalized spacial score (nSPS) is 14.8. The van der Waals surface area contributed by atoms with E-state index in [0.717, 1.165) is 96.4 Å². The van der Waals surface area contributed by atoms with Crippen molar-refractivity contribution in [1.82, 2.24) is 9.97 Å². The van der Waals surface area contributed by atoms with Crippen molar-refractivity contribution in [2.24, 2.45) is 0 Å². The van der Waals surface area contributed by atoms with Crippen molar-refractivity contribution in [3.63, 3.8) is 0 Å². The molecular formula is C51H50N8O2. The van der Waals surface area contributed by atoms with Crippen LogP contribution in [0.1, 0.15) is 101 Å². The van der Waals surface area contributed by atoms with Gasteiger partial charge in [0.2, 0.25) is 0 Å². The first kappa shape index (κ1) is 41.8. The summed E-state index contributed by atoms with van der Waals surface area (Å²) in [5, 5.41) is 32.1. The van der Waals surface area contributed by atoms with Gasteiger partial charge in [0.25, 0.3) is 11.8 Å². The Morgan fingerprint density at radius 1 is 0.492 bits per heavy atom. The molecule has 8 rings (SSSR count). The summed E-state index contributed by atoms with van der Waals surface area (Å²) in [7, 11) is 0. The van der Waals surface area contributed by atoms with Gasteiger partial charge >= 0.3 is 0 Å². The van der Waals surface area contributed by atoms with Crippen LogP contribution in [0.4, 0.5) is 22.7 Å². The minimum Gasteiger partial charge on any atom is -0.380 e. The first-order valence-electron chi connectivity index (χ1n) is 21.0. The molecule has 61 heavy (non-hydrogen) atoms. The predicted octanol–water partition coefficient (Wildman–Crippen LogP) is 11.0. The number of amides is 2. The largest absolute Gasteiger partial charge is 0.380 e. The van der Waals surface area contributed by atoms with Gasteiger partial charge in [-0.15, -0.1) is 0 Å². The van der Waals surface area contributed by atoms with E-state index in [1.807, 2.05) is 121 Å². The maximum absolute atomic E-state index is 12.9. The lowest BCUT2D eigenvalue weighted by Crippen LogP contribution is -2.27. The third-order valence-electron chi connectivity index (χ3n) is 11.8. The highest BCUT2D eigenvalue weighted by atomic mass is 16.2. The Hall–Kier alpha value is -7.30. The molecule has 4 N–H and O–H groups in total. The molecule has 0 saturated heterocycles. The van der Waals surface area contributed by atoms with Gasteiger partial charge in [0, 0.05) is 60.6 Å². The number of anilines is 4. The summed E-state index contributed by atoms with van der Waals surface area (Å²) >= 11 is 0. The van der Waals surface area contributed by atoms with Gasteiger partial charge in [0.1, 0.15) is 0 Å². The van der Waals surface area contributed by atoms with E-state index in [9.17, 15) is 20.1 Å². The van der Waals surface area contributed by atoms with Crippen LogP contribution >= 0.6 is 0 Å². The molecule has 4 aromatic carbocycles. The van der Waals surface area contributed by atoms with Gasteiger partial charge in [-0.3, -0.25) is 19.6 Å². The molecule has 6 aromatic rings. The van der Waals surface area contributed by atoms with Crippen LogP contribution in [-0.2, 0) is 23.9 Å². The van der Waals surface area contributed by atoms with Crippen molar-refractivity contribution in [2.45, 2.75) is 81.7 Å². The summed E-state index contributed by atoms with van der Waals surface area (Å²) in [6.45, 7) is 1.22. The van der Waals surface area contributed by atoms with Crippen LogP contribution in [0.15, 0.2) is 146 Å². The Morgan fingerprint density at radius 3 is 1.23 bits per heavy atom. The SMILES string of the molecule is N#CC1(c2ccc(NC(=O)c3ccccc3NCc3ccncc3)cc2)CCCC1.N#CC1(c2ccc(NC(=O)c3ccccc3NCc3ccncc3)cc2)CCCCC1. The fourth-order valence-corrected chi connectivity index (χ4v) is 8.27. The number of para-hydroxylation sites is 2. The molecule has 0 aliphatic heterocycles. The molecule has 2 saturated carbocycles. The zero-order chi connectivity index (χ0) is 42.3. The molecule has 306 valence electrons. The number of nitriles is 2. The highest BCUT2D eigenvalue weighted by Gasteiger charge is 2.36. The average molecular weight is 807 g/mol. The zero-order valence-electron chi connectivity index (χ0n) is 34.2. The molecule has 0 atom stereocenters. The standard InChI is InChI=1S/C26H26N4O.C25H24N4O/c27-19-26(14-4-1-5-15-26)21-8-10-22(11-9-21)30-25(31)23-6-2-3-7-24(23)29-18-20-12-16-28-17-13-20;26-18-25(13-3-4-14-25)20-7-9-21(10-8-20)29-24(30)22-5-1-2-6-23(22)28-17-19-11-15-27-16-12-19/h2-3,6-13,16-17,29H,1,4-5,14-15,18H2,(H,30,31);1-2,5-12,15-16,28H,3-4,13-14,17H2,(H,29,30). The van der Waals surface area contributed by atoms with Gasteiger partial charge in [-0.2, -0.15) is 10.5 Å². The number of carbonyl (C=O) groups is 2. The summed E-state index contributed by atoms with van der Waals surface area (Å²) in [5.74, 6) is -0.338. The lowest BCUT2D eigenvalue weighted by Gasteiger charge is -2.31. The lowest BCUT2D eigenvalue weighted by molar-refractivity contribution is 0.101. The van der Waals surface area contributed by atoms with Gasteiger partial charge in [-0.05, 0) is 121 Å². The zero-order valence-corrected chi connectivity index (χ0v) is 34.2. The molecule has 0 bridgehead atoms. The number of nitrogens with one attached hydrogen (secondary N) is 4. The van der Waals surface area contributed by atoms with Gasteiger partial charge < -0.3 is 21.3 Å². The van der Waals surface area contributed by atoms with E-state index in [4.69, 9.17) is 0 Å². The van der Waals surface area contributed by atoms with Gasteiger partial charge in [-0.1, -0.05) is 80.6 Å². The second kappa shape index (κ2) is 20.1. The summed E-state index contributed by atoms with van der Waals surface area (Å²) in [6.07, 6.45) is 16.2. The third-order valence-corrected chi connectivity index (χ3v) is 11.8. The molecule has 10 heteroatoms. The smallest absolute Gasteiger partial charge is 0.257 e. The molecule has 2 aromatic heterocycles. The Labute approximate surface area is 358 Å². The molecule has 2 aliphatic carbocycles.